The molecule has 4 rings (SSSR count). The molecule has 7 heteroatoms. The van der Waals surface area contributed by atoms with Crippen LogP contribution < -0.4 is 0 Å². The monoisotopic (exact) mass is 498 g/mol. The van der Waals surface area contributed by atoms with E-state index in [1.165, 1.54) is 36.6 Å². The molecule has 1 heterocycles. The Balaban J connectivity index is 1.55. The van der Waals surface area contributed by atoms with Crippen LogP contribution in [0, 0.1) is 0 Å². The molecule has 2 aromatic carbocycles. The quantitative estimate of drug-likeness (QED) is 0.395. The van der Waals surface area contributed by atoms with Gasteiger partial charge in [0.1, 0.15) is 0 Å². The van der Waals surface area contributed by atoms with Crippen molar-refractivity contribution in [2.24, 2.45) is 0 Å². The van der Waals surface area contributed by atoms with Gasteiger partial charge in [0.15, 0.2) is 11.0 Å². The maximum absolute atomic E-state index is 12.9. The van der Waals surface area contributed by atoms with Crippen LogP contribution in [0.4, 0.5) is 0 Å². The van der Waals surface area contributed by atoms with E-state index in [-0.39, 0.29) is 5.91 Å². The molecule has 5 nitrogen and oxygen atoms in total. The summed E-state index contributed by atoms with van der Waals surface area (Å²) in [6.07, 6.45) is 5.95. The minimum atomic E-state index is 0.161. The molecule has 1 aliphatic carbocycles. The molecule has 1 fully saturated rings. The zero-order valence-corrected chi connectivity index (χ0v) is 20.1. The molecule has 0 saturated heterocycles. The fourth-order valence-electron chi connectivity index (χ4n) is 4.05. The molecule has 0 N–H and O–H groups in total. The van der Waals surface area contributed by atoms with Gasteiger partial charge in [-0.1, -0.05) is 95.5 Å². The van der Waals surface area contributed by atoms with Crippen molar-refractivity contribution in [1.82, 2.24) is 19.7 Å². The van der Waals surface area contributed by atoms with Crippen molar-refractivity contribution >= 4 is 33.6 Å². The fourth-order valence-corrected chi connectivity index (χ4v) is 5.37. The largest absolute Gasteiger partial charge is 0.342 e. The van der Waals surface area contributed by atoms with E-state index < -0.39 is 0 Å². The Labute approximate surface area is 196 Å². The third-order valence-electron chi connectivity index (χ3n) is 5.86. The minimum Gasteiger partial charge on any atom is -0.342 e. The SMILES string of the molecule is CN(C(=O)CSc1nnc(-c2ccccc2Br)n1Cc1ccccc1)C1CCCCC1. The lowest BCUT2D eigenvalue weighted by molar-refractivity contribution is -0.129. The van der Waals surface area contributed by atoms with Crippen molar-refractivity contribution in [2.45, 2.75) is 49.8 Å². The van der Waals surface area contributed by atoms with Crippen LogP contribution >= 0.6 is 27.7 Å². The van der Waals surface area contributed by atoms with Gasteiger partial charge in [-0.2, -0.15) is 0 Å². The third-order valence-corrected chi connectivity index (χ3v) is 7.50. The Hall–Kier alpha value is -2.12. The van der Waals surface area contributed by atoms with E-state index in [9.17, 15) is 4.79 Å². The lowest BCUT2D eigenvalue weighted by atomic mass is 9.94. The molecule has 0 radical (unpaired) electrons. The molecule has 1 amide bonds. The number of nitrogens with zero attached hydrogens (tertiary/aromatic N) is 4. The van der Waals surface area contributed by atoms with Crippen molar-refractivity contribution in [3.63, 3.8) is 0 Å². The second-order valence-corrected chi connectivity index (χ2v) is 9.74. The summed E-state index contributed by atoms with van der Waals surface area (Å²) in [5.41, 5.74) is 2.16. The molecule has 0 aliphatic heterocycles. The fraction of sp³-hybridized carbons (Fsp3) is 0.375. The molecule has 1 aromatic heterocycles. The second-order valence-electron chi connectivity index (χ2n) is 7.94. The first-order chi connectivity index (χ1) is 15.1. The number of rotatable bonds is 7. The summed E-state index contributed by atoms with van der Waals surface area (Å²) in [5.74, 6) is 1.33. The molecular formula is C24H27BrN4OS. The maximum atomic E-state index is 12.9. The van der Waals surface area contributed by atoms with Gasteiger partial charge in [0.05, 0.1) is 12.3 Å². The smallest absolute Gasteiger partial charge is 0.233 e. The predicted octanol–water partition coefficient (Wildman–Crippen LogP) is 5.64. The molecule has 0 unspecified atom stereocenters. The highest BCUT2D eigenvalue weighted by Crippen LogP contribution is 2.30. The standard InChI is InChI=1S/C24H27BrN4OS/c1-28(19-12-6-3-7-13-19)22(30)17-31-24-27-26-23(20-14-8-9-15-21(20)25)29(24)16-18-10-4-2-5-11-18/h2,4-5,8-11,14-15,19H,3,6-7,12-13,16-17H2,1H3. The van der Waals surface area contributed by atoms with Crippen LogP contribution in [0.1, 0.15) is 37.7 Å². The summed E-state index contributed by atoms with van der Waals surface area (Å²) >= 11 is 5.11. The van der Waals surface area contributed by atoms with Gasteiger partial charge in [-0.3, -0.25) is 9.36 Å². The number of thioether (sulfide) groups is 1. The number of benzene rings is 2. The highest BCUT2D eigenvalue weighted by atomic mass is 79.9. The summed E-state index contributed by atoms with van der Waals surface area (Å²) in [6.45, 7) is 0.652. The third kappa shape index (κ3) is 5.39. The van der Waals surface area contributed by atoms with E-state index in [0.717, 1.165) is 33.9 Å². The first-order valence-electron chi connectivity index (χ1n) is 10.7. The number of carbonyl (C=O) groups excluding carboxylic acids is 1. The molecule has 0 bridgehead atoms. The zero-order chi connectivity index (χ0) is 21.6. The first kappa shape index (κ1) is 22.1. The van der Waals surface area contributed by atoms with Crippen LogP contribution in [0.3, 0.4) is 0 Å². The first-order valence-corrected chi connectivity index (χ1v) is 12.5. The average Bonchev–Trinajstić information content (AvgIpc) is 3.20. The molecule has 0 spiro atoms. The number of halogens is 1. The molecule has 31 heavy (non-hydrogen) atoms. The van der Waals surface area contributed by atoms with Crippen molar-refractivity contribution in [1.29, 1.82) is 0 Å². The molecular weight excluding hydrogens is 472 g/mol. The van der Waals surface area contributed by atoms with E-state index in [2.05, 4.69) is 42.8 Å². The Morgan fingerprint density at radius 3 is 2.52 bits per heavy atom. The van der Waals surface area contributed by atoms with Crippen molar-refractivity contribution in [3.05, 3.63) is 64.6 Å². The Morgan fingerprint density at radius 2 is 1.77 bits per heavy atom. The van der Waals surface area contributed by atoms with Gasteiger partial charge in [-0.25, -0.2) is 0 Å². The van der Waals surface area contributed by atoms with Crippen LogP contribution in [-0.2, 0) is 11.3 Å². The van der Waals surface area contributed by atoms with Crippen LogP contribution in [0.5, 0.6) is 0 Å². The van der Waals surface area contributed by atoms with Crippen LogP contribution in [0.2, 0.25) is 0 Å². The summed E-state index contributed by atoms with van der Waals surface area (Å²) in [5, 5.41) is 9.72. The summed E-state index contributed by atoms with van der Waals surface area (Å²) in [7, 11) is 1.94. The molecule has 1 aliphatic rings. The van der Waals surface area contributed by atoms with Crippen molar-refractivity contribution in [3.8, 4) is 11.4 Å². The number of aromatic nitrogens is 3. The van der Waals surface area contributed by atoms with Gasteiger partial charge >= 0.3 is 0 Å². The number of amides is 1. The summed E-state index contributed by atoms with van der Waals surface area (Å²) in [4.78, 5) is 14.8. The van der Waals surface area contributed by atoms with Crippen LogP contribution in [0.15, 0.2) is 64.2 Å². The van der Waals surface area contributed by atoms with E-state index in [1.807, 2.05) is 54.4 Å². The Bertz CT molecular complexity index is 1020. The van der Waals surface area contributed by atoms with Gasteiger partial charge in [-0.05, 0) is 24.5 Å². The molecule has 1 saturated carbocycles. The number of carbonyl (C=O) groups is 1. The summed E-state index contributed by atoms with van der Waals surface area (Å²) < 4.78 is 3.08. The lowest BCUT2D eigenvalue weighted by Crippen LogP contribution is -2.39. The van der Waals surface area contributed by atoms with E-state index in [1.54, 1.807) is 0 Å². The normalized spacial score (nSPS) is 14.5. The highest BCUT2D eigenvalue weighted by Gasteiger charge is 2.23. The summed E-state index contributed by atoms with van der Waals surface area (Å²) in [6, 6.07) is 18.7. The van der Waals surface area contributed by atoms with Crippen molar-refractivity contribution in [2.75, 3.05) is 12.8 Å². The lowest BCUT2D eigenvalue weighted by Gasteiger charge is -2.31. The van der Waals surface area contributed by atoms with E-state index in [4.69, 9.17) is 0 Å². The van der Waals surface area contributed by atoms with Crippen LogP contribution in [-0.4, -0.2) is 44.4 Å². The Kier molecular flexibility index (Phi) is 7.45. The van der Waals surface area contributed by atoms with E-state index >= 15 is 0 Å². The van der Waals surface area contributed by atoms with Gasteiger partial charge in [0.25, 0.3) is 0 Å². The number of hydrogen-bond acceptors (Lipinski definition) is 4. The molecule has 3 aromatic rings. The highest BCUT2D eigenvalue weighted by molar-refractivity contribution is 9.10. The van der Waals surface area contributed by atoms with Gasteiger partial charge in [0, 0.05) is 23.1 Å². The molecule has 162 valence electrons. The van der Waals surface area contributed by atoms with Gasteiger partial charge in [0.2, 0.25) is 5.91 Å². The maximum Gasteiger partial charge on any atom is 0.233 e. The minimum absolute atomic E-state index is 0.161. The van der Waals surface area contributed by atoms with Gasteiger partial charge < -0.3 is 4.90 Å². The van der Waals surface area contributed by atoms with Crippen LogP contribution in [0.25, 0.3) is 11.4 Å². The second kappa shape index (κ2) is 10.5. The number of hydrogen-bond donors (Lipinski definition) is 0. The van der Waals surface area contributed by atoms with E-state index in [0.29, 0.717) is 18.3 Å². The van der Waals surface area contributed by atoms with Crippen molar-refractivity contribution < 1.29 is 4.79 Å². The zero-order valence-electron chi connectivity index (χ0n) is 17.7. The topological polar surface area (TPSA) is 51.0 Å². The average molecular weight is 499 g/mol. The van der Waals surface area contributed by atoms with Gasteiger partial charge in [-0.15, -0.1) is 10.2 Å². The molecule has 0 atom stereocenters. The Morgan fingerprint density at radius 1 is 1.06 bits per heavy atom. The predicted molar refractivity (Wildman–Crippen MR) is 129 cm³/mol.